The third-order valence-electron chi connectivity index (χ3n) is 3.17. The molecule has 0 amide bonds. The van der Waals surface area contributed by atoms with Crippen molar-refractivity contribution in [2.24, 2.45) is 0 Å². The molecule has 1 heterocycles. The van der Waals surface area contributed by atoms with Crippen molar-refractivity contribution in [1.29, 1.82) is 0 Å². The van der Waals surface area contributed by atoms with Crippen molar-refractivity contribution in [2.75, 3.05) is 30.9 Å². The Morgan fingerprint density at radius 2 is 2.16 bits per heavy atom. The molecule has 0 aliphatic carbocycles. The molecule has 1 unspecified atom stereocenters. The monoisotopic (exact) mass is 282 g/mol. The second-order valence-electron chi connectivity index (χ2n) is 4.87. The van der Waals surface area contributed by atoms with Gasteiger partial charge in [-0.3, -0.25) is 9.88 Å². The van der Waals surface area contributed by atoms with E-state index in [0.717, 1.165) is 31.0 Å². The highest BCUT2D eigenvalue weighted by atomic mass is 32.2. The molecule has 1 aromatic rings. The van der Waals surface area contributed by atoms with Crippen LogP contribution in [0.3, 0.4) is 0 Å². The topological polar surface area (TPSA) is 41.1 Å². The number of aromatic nitrogens is 2. The summed E-state index contributed by atoms with van der Waals surface area (Å²) in [5.74, 6) is 2.07. The summed E-state index contributed by atoms with van der Waals surface area (Å²) in [5.41, 5.74) is 1.03. The van der Waals surface area contributed by atoms with E-state index in [-0.39, 0.29) is 0 Å². The van der Waals surface area contributed by atoms with Crippen LogP contribution in [0, 0.1) is 0 Å². The summed E-state index contributed by atoms with van der Waals surface area (Å²) in [4.78, 5) is 11.2. The number of anilines is 1. The summed E-state index contributed by atoms with van der Waals surface area (Å²) < 4.78 is 0. The first-order valence-electron chi connectivity index (χ1n) is 6.91. The molecule has 0 saturated heterocycles. The standard InChI is InChI=1S/C14H26N4S/c1-5-7-15-14-10-16-13(9-17-14)11-18(3)12(2)6-8-19-4/h9-10,12H,5-8,11H2,1-4H3,(H,15,17). The van der Waals surface area contributed by atoms with Crippen LogP contribution in [0.4, 0.5) is 5.82 Å². The minimum Gasteiger partial charge on any atom is -0.369 e. The highest BCUT2D eigenvalue weighted by Gasteiger charge is 2.10. The van der Waals surface area contributed by atoms with Gasteiger partial charge in [0.2, 0.25) is 0 Å². The van der Waals surface area contributed by atoms with Gasteiger partial charge in [0.15, 0.2) is 0 Å². The second-order valence-corrected chi connectivity index (χ2v) is 5.85. The number of nitrogens with zero attached hydrogens (tertiary/aromatic N) is 3. The fourth-order valence-corrected chi connectivity index (χ4v) is 2.28. The molecule has 0 saturated carbocycles. The minimum atomic E-state index is 0.576. The molecule has 4 nitrogen and oxygen atoms in total. The summed E-state index contributed by atoms with van der Waals surface area (Å²) in [7, 11) is 2.15. The van der Waals surface area contributed by atoms with Gasteiger partial charge in [0.25, 0.3) is 0 Å². The lowest BCUT2D eigenvalue weighted by Crippen LogP contribution is -2.29. The first kappa shape index (κ1) is 16.2. The highest BCUT2D eigenvalue weighted by Crippen LogP contribution is 2.09. The second kappa shape index (κ2) is 9.15. The van der Waals surface area contributed by atoms with Crippen LogP contribution in [-0.4, -0.2) is 46.5 Å². The molecule has 0 spiro atoms. The van der Waals surface area contributed by atoms with Crippen molar-refractivity contribution in [3.63, 3.8) is 0 Å². The van der Waals surface area contributed by atoms with E-state index in [1.807, 2.05) is 24.2 Å². The molecule has 0 radical (unpaired) electrons. The Morgan fingerprint density at radius 1 is 1.37 bits per heavy atom. The molecule has 0 aliphatic rings. The average Bonchev–Trinajstić information content (AvgIpc) is 2.43. The Balaban J connectivity index is 2.43. The van der Waals surface area contributed by atoms with Gasteiger partial charge >= 0.3 is 0 Å². The Kier molecular flexibility index (Phi) is 7.82. The van der Waals surface area contributed by atoms with Crippen molar-refractivity contribution >= 4 is 17.6 Å². The van der Waals surface area contributed by atoms with Crippen LogP contribution in [0.5, 0.6) is 0 Å². The number of nitrogens with one attached hydrogen (secondary N) is 1. The molecule has 0 aromatic carbocycles. The molecule has 1 atom stereocenters. The van der Waals surface area contributed by atoms with Crippen LogP contribution in [0.1, 0.15) is 32.4 Å². The molecule has 19 heavy (non-hydrogen) atoms. The molecule has 1 rings (SSSR count). The van der Waals surface area contributed by atoms with Crippen molar-refractivity contribution in [3.8, 4) is 0 Å². The van der Waals surface area contributed by atoms with E-state index in [0.29, 0.717) is 6.04 Å². The normalized spacial score (nSPS) is 12.7. The minimum absolute atomic E-state index is 0.576. The van der Waals surface area contributed by atoms with Crippen molar-refractivity contribution in [3.05, 3.63) is 18.1 Å². The van der Waals surface area contributed by atoms with Crippen LogP contribution in [-0.2, 0) is 6.54 Å². The summed E-state index contributed by atoms with van der Waals surface area (Å²) in [6.45, 7) is 6.21. The zero-order valence-corrected chi connectivity index (χ0v) is 13.3. The number of hydrogen-bond donors (Lipinski definition) is 1. The van der Waals surface area contributed by atoms with Crippen LogP contribution in [0.2, 0.25) is 0 Å². The van der Waals surface area contributed by atoms with Crippen LogP contribution in [0.25, 0.3) is 0 Å². The molecule has 108 valence electrons. The highest BCUT2D eigenvalue weighted by molar-refractivity contribution is 7.98. The lowest BCUT2D eigenvalue weighted by molar-refractivity contribution is 0.242. The predicted octanol–water partition coefficient (Wildman–Crippen LogP) is 2.87. The van der Waals surface area contributed by atoms with Crippen LogP contribution in [0.15, 0.2) is 12.4 Å². The van der Waals surface area contributed by atoms with Gasteiger partial charge in [-0.05, 0) is 38.8 Å². The third kappa shape index (κ3) is 6.25. The molecule has 1 N–H and O–H groups in total. The van der Waals surface area contributed by atoms with Gasteiger partial charge in [0.05, 0.1) is 18.1 Å². The fraction of sp³-hybridized carbons (Fsp3) is 0.714. The molecular formula is C14H26N4S. The lowest BCUT2D eigenvalue weighted by Gasteiger charge is -2.23. The molecule has 0 fully saturated rings. The zero-order valence-electron chi connectivity index (χ0n) is 12.5. The Morgan fingerprint density at radius 3 is 2.74 bits per heavy atom. The van der Waals surface area contributed by atoms with Gasteiger partial charge in [-0.25, -0.2) is 4.98 Å². The summed E-state index contributed by atoms with van der Waals surface area (Å²) in [5, 5.41) is 3.24. The zero-order chi connectivity index (χ0) is 14.1. The smallest absolute Gasteiger partial charge is 0.144 e. The van der Waals surface area contributed by atoms with E-state index in [2.05, 4.69) is 47.3 Å². The molecule has 0 bridgehead atoms. The average molecular weight is 282 g/mol. The Labute approximate surface area is 121 Å². The van der Waals surface area contributed by atoms with Gasteiger partial charge in [-0.1, -0.05) is 6.92 Å². The molecule has 1 aromatic heterocycles. The van der Waals surface area contributed by atoms with Gasteiger partial charge in [0, 0.05) is 19.1 Å². The van der Waals surface area contributed by atoms with E-state index >= 15 is 0 Å². The number of hydrogen-bond acceptors (Lipinski definition) is 5. The van der Waals surface area contributed by atoms with Crippen molar-refractivity contribution in [1.82, 2.24) is 14.9 Å². The predicted molar refractivity (Wildman–Crippen MR) is 84.7 cm³/mol. The largest absolute Gasteiger partial charge is 0.369 e. The van der Waals surface area contributed by atoms with Gasteiger partial charge < -0.3 is 5.32 Å². The fourth-order valence-electron chi connectivity index (χ4n) is 1.70. The number of thioether (sulfide) groups is 1. The summed E-state index contributed by atoms with van der Waals surface area (Å²) >= 11 is 1.90. The maximum Gasteiger partial charge on any atom is 0.144 e. The molecular weight excluding hydrogens is 256 g/mol. The van der Waals surface area contributed by atoms with Crippen LogP contribution < -0.4 is 5.32 Å². The first-order valence-corrected chi connectivity index (χ1v) is 8.30. The number of rotatable bonds is 9. The Bertz CT molecular complexity index is 342. The Hall–Kier alpha value is -0.810. The van der Waals surface area contributed by atoms with E-state index < -0.39 is 0 Å². The van der Waals surface area contributed by atoms with Crippen molar-refractivity contribution in [2.45, 2.75) is 39.3 Å². The SMILES string of the molecule is CCCNc1cnc(CN(C)C(C)CCSC)cn1. The summed E-state index contributed by atoms with van der Waals surface area (Å²) in [6, 6.07) is 0.576. The quantitative estimate of drug-likeness (QED) is 0.754. The van der Waals surface area contributed by atoms with Gasteiger partial charge in [0.1, 0.15) is 5.82 Å². The van der Waals surface area contributed by atoms with Crippen molar-refractivity contribution < 1.29 is 0 Å². The van der Waals surface area contributed by atoms with Gasteiger partial charge in [-0.15, -0.1) is 0 Å². The van der Waals surface area contributed by atoms with E-state index in [1.165, 1.54) is 12.2 Å². The lowest BCUT2D eigenvalue weighted by atomic mass is 10.2. The maximum atomic E-state index is 4.46. The third-order valence-corrected chi connectivity index (χ3v) is 3.81. The molecule has 5 heteroatoms. The van der Waals surface area contributed by atoms with Crippen LogP contribution >= 0.6 is 11.8 Å². The molecule has 0 aliphatic heterocycles. The maximum absolute atomic E-state index is 4.46. The van der Waals surface area contributed by atoms with E-state index in [1.54, 1.807) is 0 Å². The summed E-state index contributed by atoms with van der Waals surface area (Å²) in [6.07, 6.45) is 8.15. The van der Waals surface area contributed by atoms with E-state index in [4.69, 9.17) is 0 Å². The van der Waals surface area contributed by atoms with E-state index in [9.17, 15) is 0 Å². The first-order chi connectivity index (χ1) is 9.17. The van der Waals surface area contributed by atoms with Gasteiger partial charge in [-0.2, -0.15) is 11.8 Å².